The first-order chi connectivity index (χ1) is 22.5. The van der Waals surface area contributed by atoms with E-state index in [1.54, 1.807) is 0 Å². The minimum Gasteiger partial charge on any atom is -0.478 e. The average molecular weight is 647 g/mol. The molecule has 46 heavy (non-hydrogen) atoms. The van der Waals surface area contributed by atoms with Crippen molar-refractivity contribution in [2.75, 3.05) is 6.61 Å². The van der Waals surface area contributed by atoms with Crippen LogP contribution < -0.4 is 0 Å². The molecule has 0 amide bonds. The summed E-state index contributed by atoms with van der Waals surface area (Å²) in [4.78, 5) is 34.5. The SMILES string of the molecule is CCCCCCCCC=CCCCCCCCCOC(=O)CCCCCCCC=CC[C@@H](CCCCCC)OC(=O)C=CC(=O)O. The topological polar surface area (TPSA) is 89.9 Å². The molecule has 0 spiro atoms. The predicted octanol–water partition coefficient (Wildman–Crippen LogP) is 11.8. The van der Waals surface area contributed by atoms with Crippen molar-refractivity contribution in [2.24, 2.45) is 0 Å². The maximum Gasteiger partial charge on any atom is 0.331 e. The van der Waals surface area contributed by atoms with E-state index in [4.69, 9.17) is 14.6 Å². The normalized spacial score (nSPS) is 12.4. The van der Waals surface area contributed by atoms with Crippen molar-refractivity contribution < 1.29 is 29.0 Å². The van der Waals surface area contributed by atoms with Crippen molar-refractivity contribution in [1.29, 1.82) is 0 Å². The summed E-state index contributed by atoms with van der Waals surface area (Å²) in [6.07, 6.45) is 41.0. The summed E-state index contributed by atoms with van der Waals surface area (Å²) in [6, 6.07) is 0. The second kappa shape index (κ2) is 35.5. The first-order valence-electron chi connectivity index (χ1n) is 19.1. The van der Waals surface area contributed by atoms with E-state index in [-0.39, 0.29) is 12.1 Å². The summed E-state index contributed by atoms with van der Waals surface area (Å²) in [6.45, 7) is 4.99. The maximum atomic E-state index is 12.0. The van der Waals surface area contributed by atoms with E-state index in [2.05, 4.69) is 38.2 Å². The van der Waals surface area contributed by atoms with Crippen molar-refractivity contribution in [1.82, 2.24) is 0 Å². The average Bonchev–Trinajstić information content (AvgIpc) is 3.04. The minimum absolute atomic E-state index is 0.0564. The van der Waals surface area contributed by atoms with Crippen molar-refractivity contribution in [2.45, 2.75) is 193 Å². The van der Waals surface area contributed by atoms with Crippen LogP contribution in [0.5, 0.6) is 0 Å². The van der Waals surface area contributed by atoms with E-state index in [0.29, 0.717) is 19.4 Å². The zero-order chi connectivity index (χ0) is 33.8. The van der Waals surface area contributed by atoms with Gasteiger partial charge < -0.3 is 14.6 Å². The lowest BCUT2D eigenvalue weighted by molar-refractivity contribution is -0.144. The number of hydrogen-bond acceptors (Lipinski definition) is 5. The van der Waals surface area contributed by atoms with Gasteiger partial charge in [0, 0.05) is 25.0 Å². The van der Waals surface area contributed by atoms with Crippen LogP contribution in [0, 0.1) is 0 Å². The Morgan fingerprint density at radius 2 is 1.04 bits per heavy atom. The smallest absolute Gasteiger partial charge is 0.331 e. The van der Waals surface area contributed by atoms with Gasteiger partial charge >= 0.3 is 17.9 Å². The van der Waals surface area contributed by atoms with Crippen LogP contribution in [0.3, 0.4) is 0 Å². The van der Waals surface area contributed by atoms with E-state index in [1.807, 2.05) is 0 Å². The molecule has 0 fully saturated rings. The highest BCUT2D eigenvalue weighted by Gasteiger charge is 2.11. The van der Waals surface area contributed by atoms with Crippen molar-refractivity contribution in [3.63, 3.8) is 0 Å². The Kier molecular flexibility index (Phi) is 33.7. The van der Waals surface area contributed by atoms with Gasteiger partial charge in [-0.15, -0.1) is 0 Å². The van der Waals surface area contributed by atoms with Crippen LogP contribution in [0.4, 0.5) is 0 Å². The Morgan fingerprint density at radius 1 is 0.565 bits per heavy atom. The number of aliphatic carboxylic acids is 1. The lowest BCUT2D eigenvalue weighted by Gasteiger charge is -2.15. The summed E-state index contributed by atoms with van der Waals surface area (Å²) in [5, 5.41) is 8.70. The number of carboxylic acid groups (broad SMARTS) is 1. The van der Waals surface area contributed by atoms with Crippen molar-refractivity contribution >= 4 is 17.9 Å². The molecule has 0 saturated heterocycles. The molecule has 0 aromatic carbocycles. The highest BCUT2D eigenvalue weighted by Crippen LogP contribution is 2.15. The van der Waals surface area contributed by atoms with Gasteiger partial charge in [-0.05, 0) is 64.2 Å². The largest absolute Gasteiger partial charge is 0.478 e. The number of carboxylic acids is 1. The van der Waals surface area contributed by atoms with Crippen molar-refractivity contribution in [3.05, 3.63) is 36.5 Å². The van der Waals surface area contributed by atoms with Crippen LogP contribution in [0.2, 0.25) is 0 Å². The Morgan fingerprint density at radius 3 is 1.61 bits per heavy atom. The summed E-state index contributed by atoms with van der Waals surface area (Å²) in [5.41, 5.74) is 0. The standard InChI is InChI=1S/C40H70O6/c1-3-5-7-9-10-11-12-13-14-15-16-17-20-23-26-30-36-45-39(43)33-29-25-22-19-18-21-24-28-32-37(31-27-8-6-4-2)46-40(44)35-34-38(41)42/h13-14,24,28,34-35,37H,3-12,15-23,25-27,29-33,36H2,1-2H3,(H,41,42)/t37-/m1/s1. The number of unbranched alkanes of at least 4 members (excludes halogenated alkanes) is 20. The lowest BCUT2D eigenvalue weighted by Crippen LogP contribution is -2.16. The summed E-state index contributed by atoms with van der Waals surface area (Å²) < 4.78 is 10.9. The highest BCUT2D eigenvalue weighted by molar-refractivity contribution is 5.90. The van der Waals surface area contributed by atoms with Gasteiger partial charge in [0.15, 0.2) is 0 Å². The monoisotopic (exact) mass is 647 g/mol. The predicted molar refractivity (Wildman–Crippen MR) is 192 cm³/mol. The molecule has 266 valence electrons. The number of esters is 2. The molecule has 0 aromatic rings. The van der Waals surface area contributed by atoms with Crippen molar-refractivity contribution in [3.8, 4) is 0 Å². The van der Waals surface area contributed by atoms with Gasteiger partial charge in [0.05, 0.1) is 6.61 Å². The fourth-order valence-electron chi connectivity index (χ4n) is 5.40. The maximum absolute atomic E-state index is 12.0. The Bertz CT molecular complexity index is 800. The number of allylic oxidation sites excluding steroid dienone is 3. The first kappa shape index (κ1) is 43.6. The molecule has 0 aliphatic heterocycles. The van der Waals surface area contributed by atoms with Gasteiger partial charge in [-0.25, -0.2) is 9.59 Å². The van der Waals surface area contributed by atoms with Crippen LogP contribution >= 0.6 is 0 Å². The van der Waals surface area contributed by atoms with Gasteiger partial charge in [0.1, 0.15) is 6.10 Å². The quantitative estimate of drug-likeness (QED) is 0.0324. The molecule has 1 atom stereocenters. The first-order valence-corrected chi connectivity index (χ1v) is 19.1. The molecular formula is C40H70O6. The number of carbonyl (C=O) groups excluding carboxylic acids is 2. The minimum atomic E-state index is -1.16. The second-order valence-corrected chi connectivity index (χ2v) is 12.8. The summed E-state index contributed by atoms with van der Waals surface area (Å²) in [7, 11) is 0. The zero-order valence-electron chi connectivity index (χ0n) is 29.8. The van der Waals surface area contributed by atoms with Crippen LogP contribution in [0.25, 0.3) is 0 Å². The van der Waals surface area contributed by atoms with E-state index >= 15 is 0 Å². The van der Waals surface area contributed by atoms with Gasteiger partial charge in [-0.3, -0.25) is 4.79 Å². The third-order valence-electron chi connectivity index (χ3n) is 8.26. The van der Waals surface area contributed by atoms with Crippen LogP contribution in [0.1, 0.15) is 187 Å². The lowest BCUT2D eigenvalue weighted by atomic mass is 10.1. The van der Waals surface area contributed by atoms with Gasteiger partial charge in [0.2, 0.25) is 0 Å². The van der Waals surface area contributed by atoms with E-state index < -0.39 is 11.9 Å². The number of hydrogen-bond donors (Lipinski definition) is 1. The molecule has 0 bridgehead atoms. The van der Waals surface area contributed by atoms with E-state index in [9.17, 15) is 14.4 Å². The fourth-order valence-corrected chi connectivity index (χ4v) is 5.40. The number of carbonyl (C=O) groups is 3. The summed E-state index contributed by atoms with van der Waals surface area (Å²) >= 11 is 0. The fraction of sp³-hybridized carbons (Fsp3) is 0.775. The third-order valence-corrected chi connectivity index (χ3v) is 8.26. The molecule has 0 radical (unpaired) electrons. The highest BCUT2D eigenvalue weighted by atomic mass is 16.5. The molecule has 0 aromatic heterocycles. The Hall–Kier alpha value is -2.37. The molecule has 6 nitrogen and oxygen atoms in total. The molecule has 1 N–H and O–H groups in total. The van der Waals surface area contributed by atoms with Gasteiger partial charge in [-0.1, -0.05) is 134 Å². The van der Waals surface area contributed by atoms with E-state index in [0.717, 1.165) is 95.6 Å². The van der Waals surface area contributed by atoms with Crippen LogP contribution in [-0.2, 0) is 23.9 Å². The number of ether oxygens (including phenoxy) is 2. The van der Waals surface area contributed by atoms with Crippen LogP contribution in [-0.4, -0.2) is 35.7 Å². The molecule has 0 aliphatic carbocycles. The molecule has 0 unspecified atom stereocenters. The van der Waals surface area contributed by atoms with Gasteiger partial charge in [0.25, 0.3) is 0 Å². The Labute approximate surface area is 282 Å². The van der Waals surface area contributed by atoms with E-state index in [1.165, 1.54) is 77.0 Å². The molecule has 6 heteroatoms. The Balaban J connectivity index is 3.66. The molecule has 0 saturated carbocycles. The van der Waals surface area contributed by atoms with Gasteiger partial charge in [-0.2, -0.15) is 0 Å². The van der Waals surface area contributed by atoms with Crippen LogP contribution in [0.15, 0.2) is 36.5 Å². The summed E-state index contributed by atoms with van der Waals surface area (Å²) in [5.74, 6) is -1.81. The number of rotatable bonds is 34. The molecule has 0 aliphatic rings. The molecular weight excluding hydrogens is 576 g/mol. The molecule has 0 heterocycles. The second-order valence-electron chi connectivity index (χ2n) is 12.8. The third kappa shape index (κ3) is 34.5. The molecule has 0 rings (SSSR count). The zero-order valence-corrected chi connectivity index (χ0v) is 29.8.